The fourth-order valence-corrected chi connectivity index (χ4v) is 4.94. The predicted octanol–water partition coefficient (Wildman–Crippen LogP) is 4.05. The molecule has 1 saturated heterocycles. The fraction of sp³-hybridized carbons (Fsp3) is 0.400. The highest BCUT2D eigenvalue weighted by Gasteiger charge is 2.51. The monoisotopic (exact) mass is 557 g/mol. The highest BCUT2D eigenvalue weighted by atomic mass is 19.4. The molecule has 2 aromatic carbocycles. The number of aryl methyl sites for hydroxylation is 1. The van der Waals surface area contributed by atoms with Gasteiger partial charge in [-0.15, -0.1) is 0 Å². The van der Waals surface area contributed by atoms with Crippen LogP contribution in [0.1, 0.15) is 29.2 Å². The van der Waals surface area contributed by atoms with Gasteiger partial charge < -0.3 is 14.9 Å². The highest BCUT2D eigenvalue weighted by Crippen LogP contribution is 2.39. The lowest BCUT2D eigenvalue weighted by atomic mass is 9.92. The predicted molar refractivity (Wildman–Crippen MR) is 144 cm³/mol. The molecule has 3 aromatic rings. The first-order valence-corrected chi connectivity index (χ1v) is 13.1. The molecule has 0 amide bonds. The Kier molecular flexibility index (Phi) is 9.25. The van der Waals surface area contributed by atoms with Crippen LogP contribution >= 0.6 is 0 Å². The van der Waals surface area contributed by atoms with Crippen molar-refractivity contribution < 1.29 is 32.9 Å². The van der Waals surface area contributed by atoms with Gasteiger partial charge in [-0.3, -0.25) is 19.6 Å². The number of aromatic nitrogens is 1. The minimum Gasteiger partial charge on any atom is -0.462 e. The average Bonchev–Trinajstić information content (AvgIpc) is 2.92. The van der Waals surface area contributed by atoms with Crippen LogP contribution in [0, 0.1) is 6.92 Å². The maximum Gasteiger partial charge on any atom is 0.421 e. The van der Waals surface area contributed by atoms with E-state index in [2.05, 4.69) is 14.8 Å². The number of hydrogen-bond acceptors (Lipinski definition) is 7. The first-order valence-electron chi connectivity index (χ1n) is 13.1. The quantitative estimate of drug-likeness (QED) is 0.384. The Morgan fingerprint density at radius 1 is 1.02 bits per heavy atom. The summed E-state index contributed by atoms with van der Waals surface area (Å²) in [4.78, 5) is 21.2. The van der Waals surface area contributed by atoms with Crippen molar-refractivity contribution in [3.8, 4) is 11.1 Å². The molecule has 0 saturated carbocycles. The van der Waals surface area contributed by atoms with Crippen molar-refractivity contribution in [2.75, 3.05) is 32.8 Å². The summed E-state index contributed by atoms with van der Waals surface area (Å²) in [5.41, 5.74) is 1.47. The Hall–Kier alpha value is -3.31. The second-order valence-corrected chi connectivity index (χ2v) is 10.3. The molecule has 1 aromatic heterocycles. The molecule has 0 radical (unpaired) electrons. The molecule has 214 valence electrons. The van der Waals surface area contributed by atoms with E-state index in [0.29, 0.717) is 26.2 Å². The molecule has 2 unspecified atom stereocenters. The van der Waals surface area contributed by atoms with E-state index in [1.807, 2.05) is 37.3 Å². The molecule has 40 heavy (non-hydrogen) atoms. The molecule has 1 aliphatic rings. The summed E-state index contributed by atoms with van der Waals surface area (Å²) in [7, 11) is 0. The molecule has 2 N–H and O–H groups in total. The molecule has 2 atom stereocenters. The van der Waals surface area contributed by atoms with Gasteiger partial charge in [-0.05, 0) is 59.4 Å². The van der Waals surface area contributed by atoms with E-state index < -0.39 is 17.8 Å². The van der Waals surface area contributed by atoms with Gasteiger partial charge in [-0.2, -0.15) is 13.2 Å². The van der Waals surface area contributed by atoms with Crippen molar-refractivity contribution in [3.05, 3.63) is 89.2 Å². The normalized spacial score (nSPS) is 18.3. The summed E-state index contributed by atoms with van der Waals surface area (Å²) in [6, 6.07) is 15.0. The largest absolute Gasteiger partial charge is 0.462 e. The van der Waals surface area contributed by atoms with Gasteiger partial charge >= 0.3 is 12.1 Å². The van der Waals surface area contributed by atoms with E-state index in [-0.39, 0.29) is 24.7 Å². The Labute approximate surface area is 231 Å². The molecule has 7 nitrogen and oxygen atoms in total. The van der Waals surface area contributed by atoms with Gasteiger partial charge in [-0.1, -0.05) is 42.5 Å². The first kappa shape index (κ1) is 29.7. The van der Waals surface area contributed by atoms with E-state index in [0.717, 1.165) is 41.3 Å². The van der Waals surface area contributed by atoms with Crippen LogP contribution in [0.2, 0.25) is 0 Å². The summed E-state index contributed by atoms with van der Waals surface area (Å²) in [5, 5.41) is 19.1. The van der Waals surface area contributed by atoms with Crippen LogP contribution in [-0.2, 0) is 28.2 Å². The molecule has 4 rings (SSSR count). The Bertz CT molecular complexity index is 1280. The van der Waals surface area contributed by atoms with Crippen molar-refractivity contribution in [2.24, 2.45) is 0 Å². The van der Waals surface area contributed by atoms with Gasteiger partial charge in [0.05, 0.1) is 6.61 Å². The summed E-state index contributed by atoms with van der Waals surface area (Å²) < 4.78 is 44.9. The summed E-state index contributed by atoms with van der Waals surface area (Å²) in [6.07, 6.45) is -1.30. The molecule has 0 aliphatic carbocycles. The topological polar surface area (TPSA) is 86.1 Å². The number of carbonyl (C=O) groups is 1. The zero-order chi connectivity index (χ0) is 28.9. The summed E-state index contributed by atoms with van der Waals surface area (Å²) in [5.74, 6) is -0.378. The van der Waals surface area contributed by atoms with Crippen molar-refractivity contribution in [2.45, 2.75) is 44.8 Å². The third-order valence-corrected chi connectivity index (χ3v) is 7.33. The molecule has 10 heteroatoms. The number of alkyl halides is 3. The number of rotatable bonds is 9. The van der Waals surface area contributed by atoms with Gasteiger partial charge in [0, 0.05) is 45.1 Å². The van der Waals surface area contributed by atoms with Crippen molar-refractivity contribution in [1.82, 2.24) is 14.8 Å². The number of esters is 1. The number of piperazine rings is 1. The third-order valence-electron chi connectivity index (χ3n) is 7.33. The second-order valence-electron chi connectivity index (χ2n) is 10.3. The van der Waals surface area contributed by atoms with Crippen LogP contribution in [-0.4, -0.2) is 76.0 Å². The molecule has 1 aliphatic heterocycles. The van der Waals surface area contributed by atoms with Crippen LogP contribution in [0.3, 0.4) is 0 Å². The lowest BCUT2D eigenvalue weighted by Gasteiger charge is -2.40. The van der Waals surface area contributed by atoms with Gasteiger partial charge in [0.2, 0.25) is 0 Å². The minimum absolute atomic E-state index is 0.0570. The van der Waals surface area contributed by atoms with Crippen molar-refractivity contribution >= 4 is 5.97 Å². The lowest BCUT2D eigenvalue weighted by molar-refractivity contribution is -0.258. The smallest absolute Gasteiger partial charge is 0.421 e. The Morgan fingerprint density at radius 3 is 2.35 bits per heavy atom. The van der Waals surface area contributed by atoms with E-state index in [9.17, 15) is 23.1 Å². The molecule has 1 fully saturated rings. The number of nitrogens with zero attached hydrogens (tertiary/aromatic N) is 3. The van der Waals surface area contributed by atoms with Crippen LogP contribution in [0.5, 0.6) is 0 Å². The number of carbonyl (C=O) groups excluding carboxylic acids is 1. The summed E-state index contributed by atoms with van der Waals surface area (Å²) >= 11 is 0. The first-order chi connectivity index (χ1) is 19.0. The number of hydrogen-bond donors (Lipinski definition) is 2. The van der Waals surface area contributed by atoms with Crippen LogP contribution in [0.4, 0.5) is 13.2 Å². The van der Waals surface area contributed by atoms with Gasteiger partial charge in [-0.25, -0.2) is 0 Å². The SMILES string of the molecule is Cc1cc(CN2CCN(Cc3ccncc3)CC2C(=O)OCCO)ccc1-c1ccc(C(C)(O)C(F)(F)F)cc1. The van der Waals surface area contributed by atoms with E-state index in [1.165, 1.54) is 12.1 Å². The van der Waals surface area contributed by atoms with Gasteiger partial charge in [0.1, 0.15) is 12.6 Å². The number of benzene rings is 2. The zero-order valence-corrected chi connectivity index (χ0v) is 22.6. The molecule has 0 bridgehead atoms. The maximum absolute atomic E-state index is 13.2. The van der Waals surface area contributed by atoms with E-state index in [1.54, 1.807) is 24.5 Å². The lowest BCUT2D eigenvalue weighted by Crippen LogP contribution is -2.56. The zero-order valence-electron chi connectivity index (χ0n) is 22.6. The third kappa shape index (κ3) is 6.87. The molecule has 2 heterocycles. The van der Waals surface area contributed by atoms with Crippen LogP contribution < -0.4 is 0 Å². The number of halogens is 3. The molecular formula is C30H34F3N3O4. The fourth-order valence-electron chi connectivity index (χ4n) is 4.94. The van der Waals surface area contributed by atoms with E-state index in [4.69, 9.17) is 9.84 Å². The Morgan fingerprint density at radius 2 is 1.73 bits per heavy atom. The number of ether oxygens (including phenoxy) is 1. The van der Waals surface area contributed by atoms with Crippen molar-refractivity contribution in [3.63, 3.8) is 0 Å². The summed E-state index contributed by atoms with van der Waals surface area (Å²) in [6.45, 7) is 5.46. The number of aliphatic hydroxyl groups is 2. The number of pyridine rings is 1. The average molecular weight is 558 g/mol. The van der Waals surface area contributed by atoms with E-state index >= 15 is 0 Å². The van der Waals surface area contributed by atoms with Gasteiger partial charge in [0.15, 0.2) is 5.60 Å². The molecular weight excluding hydrogens is 523 g/mol. The molecule has 0 spiro atoms. The Balaban J connectivity index is 1.48. The van der Waals surface area contributed by atoms with Crippen molar-refractivity contribution in [1.29, 1.82) is 0 Å². The minimum atomic E-state index is -4.78. The van der Waals surface area contributed by atoms with Gasteiger partial charge in [0.25, 0.3) is 0 Å². The van der Waals surface area contributed by atoms with Crippen LogP contribution in [0.15, 0.2) is 67.0 Å². The number of aliphatic hydroxyl groups excluding tert-OH is 1. The van der Waals surface area contributed by atoms with Crippen LogP contribution in [0.25, 0.3) is 11.1 Å². The second kappa shape index (κ2) is 12.5. The standard InChI is InChI=1S/C30H34F3N3O4/c1-21-17-23(3-8-26(21)24-4-6-25(7-5-24)29(2,39)30(31,32)33)19-36-14-13-35(18-22-9-11-34-12-10-22)20-27(36)28(38)40-16-15-37/h3-12,17,27,37,39H,13-16,18-20H2,1-2H3. The highest BCUT2D eigenvalue weighted by molar-refractivity contribution is 5.76. The maximum atomic E-state index is 13.2.